The Morgan fingerprint density at radius 2 is 1.96 bits per heavy atom. The number of halogens is 2. The van der Waals surface area contributed by atoms with Crippen LogP contribution in [0.25, 0.3) is 0 Å². The number of rotatable bonds is 6. The molecule has 1 aliphatic carbocycles. The van der Waals surface area contributed by atoms with E-state index < -0.39 is 27.9 Å². The van der Waals surface area contributed by atoms with E-state index in [-0.39, 0.29) is 6.42 Å². The third-order valence-corrected chi connectivity index (χ3v) is 4.33. The fraction of sp³-hybridized carbons (Fsp3) is 0.400. The van der Waals surface area contributed by atoms with E-state index in [0.29, 0.717) is 17.2 Å². The maximum atomic E-state index is 12.2. The number of nitrogens with one attached hydrogen (secondary N) is 1. The minimum atomic E-state index is -1.47. The van der Waals surface area contributed by atoms with Gasteiger partial charge in [0.2, 0.25) is 5.91 Å². The minimum absolute atomic E-state index is 0.247. The summed E-state index contributed by atoms with van der Waals surface area (Å²) in [6.45, 7) is 0. The van der Waals surface area contributed by atoms with Crippen molar-refractivity contribution in [3.8, 4) is 17.6 Å². The maximum Gasteiger partial charge on any atom is 0.249 e. The molecule has 2 atom stereocenters. The Bertz CT molecular complexity index is 685. The molecule has 1 amide bonds. The van der Waals surface area contributed by atoms with Crippen molar-refractivity contribution in [3.05, 3.63) is 18.2 Å². The lowest BCUT2D eigenvalue weighted by molar-refractivity contribution is -0.129. The van der Waals surface area contributed by atoms with Crippen LogP contribution in [0.15, 0.2) is 18.2 Å². The molecule has 6 nitrogen and oxygen atoms in total. The normalized spacial score (nSPS) is 19.2. The Labute approximate surface area is 143 Å². The first-order valence-electron chi connectivity index (χ1n) is 6.68. The first-order chi connectivity index (χ1) is 10.8. The van der Waals surface area contributed by atoms with E-state index in [2.05, 4.69) is 5.32 Å². The second kappa shape index (κ2) is 6.65. The van der Waals surface area contributed by atoms with Crippen molar-refractivity contribution in [2.75, 3.05) is 19.5 Å². The van der Waals surface area contributed by atoms with Gasteiger partial charge in [-0.1, -0.05) is 0 Å². The monoisotopic (exact) mass is 356 g/mol. The van der Waals surface area contributed by atoms with Crippen LogP contribution in [-0.2, 0) is 9.59 Å². The standard InChI is InChI=1S/C15H14Cl2N2O4/c1-22-11-4-3-8(5-12(11)23-2)19-14(21)9(7-18)13(20)10-6-15(10,16)17/h3-5,9-10H,6H2,1-2H3,(H,19,21). The molecule has 122 valence electrons. The number of anilines is 1. The van der Waals surface area contributed by atoms with Crippen molar-refractivity contribution in [3.63, 3.8) is 0 Å². The van der Waals surface area contributed by atoms with Gasteiger partial charge in [0.15, 0.2) is 23.2 Å². The third-order valence-electron chi connectivity index (χ3n) is 3.50. The molecule has 0 aliphatic heterocycles. The first kappa shape index (κ1) is 17.4. The molecule has 8 heteroatoms. The van der Waals surface area contributed by atoms with Gasteiger partial charge in [-0.3, -0.25) is 9.59 Å². The molecule has 1 N–H and O–H groups in total. The number of carbonyl (C=O) groups is 2. The minimum Gasteiger partial charge on any atom is -0.493 e. The van der Waals surface area contributed by atoms with Crippen LogP contribution in [0, 0.1) is 23.2 Å². The van der Waals surface area contributed by atoms with E-state index in [1.165, 1.54) is 20.3 Å². The van der Waals surface area contributed by atoms with Crippen LogP contribution in [0.5, 0.6) is 11.5 Å². The van der Waals surface area contributed by atoms with Crippen LogP contribution in [0.3, 0.4) is 0 Å². The van der Waals surface area contributed by atoms with E-state index >= 15 is 0 Å². The second-order valence-corrected chi connectivity index (χ2v) is 6.58. The van der Waals surface area contributed by atoms with E-state index in [1.807, 2.05) is 0 Å². The Morgan fingerprint density at radius 3 is 2.43 bits per heavy atom. The summed E-state index contributed by atoms with van der Waals surface area (Å²) in [5, 5.41) is 11.6. The van der Waals surface area contributed by atoms with Crippen LogP contribution in [0.2, 0.25) is 0 Å². The zero-order valence-electron chi connectivity index (χ0n) is 12.4. The highest BCUT2D eigenvalue weighted by molar-refractivity contribution is 6.52. The fourth-order valence-electron chi connectivity index (χ4n) is 2.10. The van der Waals surface area contributed by atoms with Crippen LogP contribution in [0.1, 0.15) is 6.42 Å². The van der Waals surface area contributed by atoms with E-state index in [4.69, 9.17) is 37.9 Å². The van der Waals surface area contributed by atoms with Gasteiger partial charge in [0.1, 0.15) is 4.33 Å². The highest BCUT2D eigenvalue weighted by Gasteiger charge is 2.58. The maximum absolute atomic E-state index is 12.2. The zero-order valence-corrected chi connectivity index (χ0v) is 13.9. The summed E-state index contributed by atoms with van der Waals surface area (Å²) < 4.78 is 9.05. The predicted octanol–water partition coefficient (Wildman–Crippen LogP) is 2.54. The zero-order chi connectivity index (χ0) is 17.2. The molecule has 1 aliphatic rings. The molecule has 0 aromatic heterocycles. The number of ketones is 1. The van der Waals surface area contributed by atoms with Gasteiger partial charge >= 0.3 is 0 Å². The summed E-state index contributed by atoms with van der Waals surface area (Å²) in [4.78, 5) is 24.3. The van der Waals surface area contributed by atoms with Gasteiger partial charge in [0, 0.05) is 11.8 Å². The number of methoxy groups -OCH3 is 2. The number of ether oxygens (including phenoxy) is 2. The molecule has 1 saturated carbocycles. The molecule has 1 aromatic rings. The fourth-order valence-corrected chi connectivity index (χ4v) is 2.63. The lowest BCUT2D eigenvalue weighted by Crippen LogP contribution is -2.30. The summed E-state index contributed by atoms with van der Waals surface area (Å²) in [7, 11) is 2.94. The summed E-state index contributed by atoms with van der Waals surface area (Å²) in [5.41, 5.74) is 0.375. The lowest BCUT2D eigenvalue weighted by atomic mass is 10.0. The van der Waals surface area contributed by atoms with E-state index in [1.54, 1.807) is 18.2 Å². The van der Waals surface area contributed by atoms with Crippen LogP contribution < -0.4 is 14.8 Å². The molecule has 1 fully saturated rings. The van der Waals surface area contributed by atoms with Gasteiger partial charge in [0.25, 0.3) is 0 Å². The molecule has 0 bridgehead atoms. The predicted molar refractivity (Wildman–Crippen MR) is 84.8 cm³/mol. The largest absolute Gasteiger partial charge is 0.493 e. The molecule has 2 unspecified atom stereocenters. The van der Waals surface area contributed by atoms with Crippen LogP contribution in [0.4, 0.5) is 5.69 Å². The first-order valence-corrected chi connectivity index (χ1v) is 7.43. The number of alkyl halides is 2. The average molecular weight is 357 g/mol. The van der Waals surface area contributed by atoms with Crippen molar-refractivity contribution in [2.45, 2.75) is 10.8 Å². The second-order valence-electron chi connectivity index (χ2n) is 5.04. The molecule has 0 spiro atoms. The topological polar surface area (TPSA) is 88.4 Å². The molecule has 0 heterocycles. The number of benzene rings is 1. The van der Waals surface area contributed by atoms with Gasteiger partial charge in [0.05, 0.1) is 26.2 Å². The summed E-state index contributed by atoms with van der Waals surface area (Å²) in [5.74, 6) is -2.56. The molecule has 0 saturated heterocycles. The molecule has 2 rings (SSSR count). The number of hydrogen-bond acceptors (Lipinski definition) is 5. The van der Waals surface area contributed by atoms with Crippen molar-refractivity contribution in [2.24, 2.45) is 11.8 Å². The van der Waals surface area contributed by atoms with Crippen molar-refractivity contribution in [1.29, 1.82) is 5.26 Å². The third kappa shape index (κ3) is 3.69. The smallest absolute Gasteiger partial charge is 0.249 e. The molecule has 23 heavy (non-hydrogen) atoms. The van der Waals surface area contributed by atoms with Crippen molar-refractivity contribution in [1.82, 2.24) is 0 Å². The van der Waals surface area contributed by atoms with E-state index in [9.17, 15) is 9.59 Å². The molecular weight excluding hydrogens is 343 g/mol. The molecule has 1 aromatic carbocycles. The number of nitriles is 1. The van der Waals surface area contributed by atoms with Gasteiger partial charge in [-0.2, -0.15) is 5.26 Å². The highest BCUT2D eigenvalue weighted by Crippen LogP contribution is 2.54. The lowest BCUT2D eigenvalue weighted by Gasteiger charge is -2.12. The highest BCUT2D eigenvalue weighted by atomic mass is 35.5. The van der Waals surface area contributed by atoms with E-state index in [0.717, 1.165) is 0 Å². The molecule has 0 radical (unpaired) electrons. The molecular formula is C15H14Cl2N2O4. The van der Waals surface area contributed by atoms with Crippen LogP contribution in [-0.4, -0.2) is 30.2 Å². The van der Waals surface area contributed by atoms with Gasteiger partial charge in [-0.25, -0.2) is 0 Å². The number of nitrogens with zero attached hydrogens (tertiary/aromatic N) is 1. The summed E-state index contributed by atoms with van der Waals surface area (Å²) >= 11 is 11.6. The Kier molecular flexibility index (Phi) is 5.03. The number of carbonyl (C=O) groups excluding carboxylic acids is 2. The number of hydrogen-bond donors (Lipinski definition) is 1. The Hall–Kier alpha value is -1.97. The number of amides is 1. The Morgan fingerprint density at radius 1 is 1.35 bits per heavy atom. The SMILES string of the molecule is COc1ccc(NC(=O)C(C#N)C(=O)C2CC2(Cl)Cl)cc1OC. The van der Waals surface area contributed by atoms with Crippen molar-refractivity contribution >= 4 is 40.6 Å². The average Bonchev–Trinajstić information content (AvgIpc) is 3.16. The van der Waals surface area contributed by atoms with Crippen LogP contribution >= 0.6 is 23.2 Å². The van der Waals surface area contributed by atoms with Gasteiger partial charge in [-0.15, -0.1) is 23.2 Å². The summed E-state index contributed by atoms with van der Waals surface area (Å²) in [6, 6.07) is 6.40. The Balaban J connectivity index is 2.11. The van der Waals surface area contributed by atoms with Gasteiger partial charge in [-0.05, 0) is 18.6 Å². The quantitative estimate of drug-likeness (QED) is 0.624. The van der Waals surface area contributed by atoms with Crippen molar-refractivity contribution < 1.29 is 19.1 Å². The number of Topliss-reactive ketones (excluding diaryl/α,β-unsaturated/α-hetero) is 1. The summed E-state index contributed by atoms with van der Waals surface area (Å²) in [6.07, 6.45) is 0.247. The van der Waals surface area contributed by atoms with Gasteiger partial charge < -0.3 is 14.8 Å².